The molecule has 4 heteroatoms. The molecule has 1 N–H and O–H groups in total. The minimum Gasteiger partial charge on any atom is -0.498 e. The first-order valence-corrected chi connectivity index (χ1v) is 7.40. The Morgan fingerprint density at radius 1 is 1.29 bits per heavy atom. The fraction of sp³-hybridized carbons (Fsp3) is 0.471. The number of hydrogen-bond acceptors (Lipinski definition) is 3. The summed E-state index contributed by atoms with van der Waals surface area (Å²) in [5.74, 6) is 0.757. The van der Waals surface area contributed by atoms with Crippen molar-refractivity contribution in [1.29, 1.82) is 0 Å². The number of carbonyl (C=O) groups excluding carboxylic acids is 1. The maximum absolute atomic E-state index is 12.3. The van der Waals surface area contributed by atoms with Crippen LogP contribution in [-0.2, 0) is 22.6 Å². The molecular weight excluding hydrogens is 264 g/mol. The van der Waals surface area contributed by atoms with Crippen LogP contribution in [-0.4, -0.2) is 31.5 Å². The van der Waals surface area contributed by atoms with Crippen molar-refractivity contribution in [2.75, 3.05) is 20.7 Å². The third kappa shape index (κ3) is 4.33. The molecule has 4 nitrogen and oxygen atoms in total. The van der Waals surface area contributed by atoms with Gasteiger partial charge in [0.1, 0.15) is 5.76 Å². The van der Waals surface area contributed by atoms with Crippen LogP contribution in [0.4, 0.5) is 0 Å². The van der Waals surface area contributed by atoms with Gasteiger partial charge in [-0.15, -0.1) is 0 Å². The van der Waals surface area contributed by atoms with Gasteiger partial charge in [-0.25, -0.2) is 0 Å². The summed E-state index contributed by atoms with van der Waals surface area (Å²) in [5, 5.41) is 3.02. The van der Waals surface area contributed by atoms with Crippen LogP contribution in [0.5, 0.6) is 0 Å². The van der Waals surface area contributed by atoms with Crippen LogP contribution in [0, 0.1) is 0 Å². The molecule has 0 aliphatic carbocycles. The van der Waals surface area contributed by atoms with Crippen molar-refractivity contribution in [2.24, 2.45) is 0 Å². The van der Waals surface area contributed by atoms with Gasteiger partial charge in [-0.3, -0.25) is 4.79 Å². The lowest BCUT2D eigenvalue weighted by molar-refractivity contribution is -0.118. The highest BCUT2D eigenvalue weighted by molar-refractivity contribution is 5.93. The van der Waals surface area contributed by atoms with Crippen molar-refractivity contribution in [3.05, 3.63) is 46.7 Å². The number of benzene rings is 1. The van der Waals surface area contributed by atoms with E-state index in [1.807, 2.05) is 33.2 Å². The zero-order chi connectivity index (χ0) is 15.2. The topological polar surface area (TPSA) is 41.6 Å². The first-order chi connectivity index (χ1) is 10.1. The van der Waals surface area contributed by atoms with Gasteiger partial charge in [0.05, 0.1) is 12.2 Å². The van der Waals surface area contributed by atoms with Crippen LogP contribution in [0.1, 0.15) is 30.9 Å². The van der Waals surface area contributed by atoms with E-state index in [2.05, 4.69) is 22.3 Å². The molecule has 21 heavy (non-hydrogen) atoms. The fourth-order valence-electron chi connectivity index (χ4n) is 2.52. The normalized spacial score (nSPS) is 15.0. The predicted octanol–water partition coefficient (Wildman–Crippen LogP) is 2.45. The number of ether oxygens (including phenoxy) is 1. The molecule has 114 valence electrons. The highest BCUT2D eigenvalue weighted by Gasteiger charge is 2.17. The van der Waals surface area contributed by atoms with Gasteiger partial charge < -0.3 is 15.0 Å². The SMILES string of the molecule is CC1=C(C(=O)NCc2ccccc2CN(C)C)CCCO1. The molecule has 0 saturated carbocycles. The van der Waals surface area contributed by atoms with E-state index in [0.717, 1.165) is 36.3 Å². The van der Waals surface area contributed by atoms with Crippen LogP contribution in [0.15, 0.2) is 35.6 Å². The minimum atomic E-state index is -0.00754. The standard InChI is InChI=1S/C17H24N2O2/c1-13-16(9-6-10-21-13)17(20)18-11-14-7-4-5-8-15(14)12-19(2)3/h4-5,7-8H,6,9-12H2,1-3H3,(H,18,20). The van der Waals surface area contributed by atoms with Gasteiger partial charge in [-0.05, 0) is 45.0 Å². The van der Waals surface area contributed by atoms with Crippen molar-refractivity contribution in [1.82, 2.24) is 10.2 Å². The molecule has 0 radical (unpaired) electrons. The lowest BCUT2D eigenvalue weighted by atomic mass is 10.0. The maximum atomic E-state index is 12.3. The van der Waals surface area contributed by atoms with Gasteiger partial charge in [-0.1, -0.05) is 24.3 Å². The second kappa shape index (κ2) is 7.27. The van der Waals surface area contributed by atoms with Gasteiger partial charge in [0.2, 0.25) is 0 Å². The van der Waals surface area contributed by atoms with E-state index in [1.54, 1.807) is 0 Å². The molecule has 1 aromatic carbocycles. The highest BCUT2D eigenvalue weighted by Crippen LogP contribution is 2.19. The average molecular weight is 288 g/mol. The molecule has 1 amide bonds. The Morgan fingerprint density at radius 3 is 2.67 bits per heavy atom. The van der Waals surface area contributed by atoms with Crippen molar-refractivity contribution >= 4 is 5.91 Å². The third-order valence-corrected chi connectivity index (χ3v) is 3.63. The van der Waals surface area contributed by atoms with Crippen LogP contribution in [0.3, 0.4) is 0 Å². The number of amides is 1. The number of carbonyl (C=O) groups is 1. The zero-order valence-electron chi connectivity index (χ0n) is 13.1. The molecule has 0 bridgehead atoms. The van der Waals surface area contributed by atoms with E-state index < -0.39 is 0 Å². The molecule has 0 spiro atoms. The third-order valence-electron chi connectivity index (χ3n) is 3.63. The van der Waals surface area contributed by atoms with Crippen molar-refractivity contribution in [2.45, 2.75) is 32.9 Å². The maximum Gasteiger partial charge on any atom is 0.250 e. The summed E-state index contributed by atoms with van der Waals surface area (Å²) in [5.41, 5.74) is 3.19. The van der Waals surface area contributed by atoms with E-state index in [9.17, 15) is 4.79 Å². The molecule has 0 saturated heterocycles. The Bertz CT molecular complexity index is 535. The molecule has 0 aromatic heterocycles. The van der Waals surface area contributed by atoms with Crippen molar-refractivity contribution in [3.8, 4) is 0 Å². The Balaban J connectivity index is 2.01. The van der Waals surface area contributed by atoms with Gasteiger partial charge in [0.25, 0.3) is 5.91 Å². The summed E-state index contributed by atoms with van der Waals surface area (Å²) < 4.78 is 5.45. The van der Waals surface area contributed by atoms with E-state index in [4.69, 9.17) is 4.74 Å². The number of nitrogens with zero attached hydrogens (tertiary/aromatic N) is 1. The monoisotopic (exact) mass is 288 g/mol. The van der Waals surface area contributed by atoms with Gasteiger partial charge in [0, 0.05) is 13.1 Å². The van der Waals surface area contributed by atoms with Gasteiger partial charge >= 0.3 is 0 Å². The number of rotatable bonds is 5. The first kappa shape index (κ1) is 15.6. The van der Waals surface area contributed by atoms with E-state index in [0.29, 0.717) is 13.2 Å². The van der Waals surface area contributed by atoms with E-state index in [-0.39, 0.29) is 5.91 Å². The van der Waals surface area contributed by atoms with E-state index in [1.165, 1.54) is 5.56 Å². The Hall–Kier alpha value is -1.81. The predicted molar refractivity (Wildman–Crippen MR) is 83.6 cm³/mol. The van der Waals surface area contributed by atoms with Crippen LogP contribution in [0.2, 0.25) is 0 Å². The molecule has 0 atom stereocenters. The second-order valence-electron chi connectivity index (χ2n) is 5.68. The molecule has 1 aliphatic heterocycles. The quantitative estimate of drug-likeness (QED) is 0.905. The van der Waals surface area contributed by atoms with Crippen LogP contribution >= 0.6 is 0 Å². The molecule has 1 heterocycles. The Kier molecular flexibility index (Phi) is 5.39. The van der Waals surface area contributed by atoms with Crippen molar-refractivity contribution < 1.29 is 9.53 Å². The highest BCUT2D eigenvalue weighted by atomic mass is 16.5. The Labute approximate surface area is 126 Å². The zero-order valence-corrected chi connectivity index (χ0v) is 13.1. The van der Waals surface area contributed by atoms with Gasteiger partial charge in [-0.2, -0.15) is 0 Å². The number of nitrogens with one attached hydrogen (secondary N) is 1. The first-order valence-electron chi connectivity index (χ1n) is 7.40. The van der Waals surface area contributed by atoms with Crippen LogP contribution < -0.4 is 5.32 Å². The van der Waals surface area contributed by atoms with Crippen LogP contribution in [0.25, 0.3) is 0 Å². The fourth-order valence-corrected chi connectivity index (χ4v) is 2.52. The summed E-state index contributed by atoms with van der Waals surface area (Å²) in [7, 11) is 4.09. The summed E-state index contributed by atoms with van der Waals surface area (Å²) in [6.07, 6.45) is 1.72. The second-order valence-corrected chi connectivity index (χ2v) is 5.68. The average Bonchev–Trinajstić information content (AvgIpc) is 2.46. The molecule has 2 rings (SSSR count). The molecule has 1 aliphatic rings. The molecular formula is C17H24N2O2. The minimum absolute atomic E-state index is 0.00754. The lowest BCUT2D eigenvalue weighted by Crippen LogP contribution is -2.28. The largest absolute Gasteiger partial charge is 0.498 e. The Morgan fingerprint density at radius 2 is 2.00 bits per heavy atom. The van der Waals surface area contributed by atoms with Crippen molar-refractivity contribution in [3.63, 3.8) is 0 Å². The summed E-state index contributed by atoms with van der Waals surface area (Å²) in [6.45, 7) is 4.01. The molecule has 0 unspecified atom stereocenters. The lowest BCUT2D eigenvalue weighted by Gasteiger charge is -2.19. The molecule has 0 fully saturated rings. The summed E-state index contributed by atoms with van der Waals surface area (Å²) >= 11 is 0. The van der Waals surface area contributed by atoms with Gasteiger partial charge in [0.15, 0.2) is 0 Å². The number of allylic oxidation sites excluding steroid dienone is 1. The summed E-state index contributed by atoms with van der Waals surface area (Å²) in [4.78, 5) is 14.4. The summed E-state index contributed by atoms with van der Waals surface area (Å²) in [6, 6.07) is 8.22. The number of hydrogen-bond donors (Lipinski definition) is 1. The van der Waals surface area contributed by atoms with E-state index >= 15 is 0 Å². The molecule has 1 aromatic rings. The smallest absolute Gasteiger partial charge is 0.250 e.